The van der Waals surface area contributed by atoms with Crippen LogP contribution in [0.3, 0.4) is 0 Å². The third-order valence-electron chi connectivity index (χ3n) is 3.56. The van der Waals surface area contributed by atoms with Gasteiger partial charge in [-0.15, -0.1) is 0 Å². The van der Waals surface area contributed by atoms with Crippen molar-refractivity contribution in [2.24, 2.45) is 0 Å². The molecule has 110 valence electrons. The Labute approximate surface area is 122 Å². The quantitative estimate of drug-likeness (QED) is 0.870. The van der Waals surface area contributed by atoms with Crippen LogP contribution in [0.1, 0.15) is 16.8 Å². The second-order valence-corrected chi connectivity index (χ2v) is 5.21. The predicted octanol–water partition coefficient (Wildman–Crippen LogP) is 0.753. The van der Waals surface area contributed by atoms with Crippen molar-refractivity contribution in [3.63, 3.8) is 0 Å². The summed E-state index contributed by atoms with van der Waals surface area (Å²) in [6.07, 6.45) is 4.08. The minimum absolute atomic E-state index is 0.201. The first-order valence-corrected chi connectivity index (χ1v) is 6.85. The first-order chi connectivity index (χ1) is 10.2. The number of nitrogens with zero attached hydrogens (tertiary/aromatic N) is 2. The zero-order chi connectivity index (χ0) is 14.7. The molecule has 21 heavy (non-hydrogen) atoms. The van der Waals surface area contributed by atoms with Gasteiger partial charge in [0.25, 0.3) is 5.91 Å². The smallest absolute Gasteiger partial charge is 0.251 e. The van der Waals surface area contributed by atoms with E-state index in [4.69, 9.17) is 4.74 Å². The van der Waals surface area contributed by atoms with Gasteiger partial charge >= 0.3 is 0 Å². The number of hydrogen-bond acceptors (Lipinski definition) is 4. The molecular formula is C15H17N3O3. The molecule has 0 radical (unpaired) electrons. The van der Waals surface area contributed by atoms with E-state index in [0.29, 0.717) is 18.6 Å². The number of rotatable bonds is 4. The molecule has 1 aromatic heterocycles. The molecule has 6 heteroatoms. The molecule has 0 aliphatic carbocycles. The highest BCUT2D eigenvalue weighted by Crippen LogP contribution is 2.17. The highest BCUT2D eigenvalue weighted by atomic mass is 16.5. The summed E-state index contributed by atoms with van der Waals surface area (Å²) in [5.41, 5.74) is 0.498. The Hall–Kier alpha value is -2.18. The summed E-state index contributed by atoms with van der Waals surface area (Å²) < 4.78 is 6.87. The average Bonchev–Trinajstić information content (AvgIpc) is 3.17. The second-order valence-electron chi connectivity index (χ2n) is 5.21. The van der Waals surface area contributed by atoms with E-state index >= 15 is 0 Å². The van der Waals surface area contributed by atoms with Gasteiger partial charge in [-0.05, 0) is 30.3 Å². The summed E-state index contributed by atoms with van der Waals surface area (Å²) in [4.78, 5) is 12.1. The van der Waals surface area contributed by atoms with Crippen LogP contribution in [0.15, 0.2) is 42.7 Å². The molecule has 0 bridgehead atoms. The topological polar surface area (TPSA) is 76.4 Å². The summed E-state index contributed by atoms with van der Waals surface area (Å²) >= 11 is 0. The Bertz CT molecular complexity index is 602. The van der Waals surface area contributed by atoms with E-state index in [2.05, 4.69) is 10.4 Å². The Balaban J connectivity index is 1.62. The lowest BCUT2D eigenvalue weighted by Crippen LogP contribution is -2.43. The first-order valence-electron chi connectivity index (χ1n) is 6.85. The fourth-order valence-electron chi connectivity index (χ4n) is 2.27. The van der Waals surface area contributed by atoms with Crippen molar-refractivity contribution >= 4 is 5.91 Å². The monoisotopic (exact) mass is 287 g/mol. The van der Waals surface area contributed by atoms with Crippen LogP contribution >= 0.6 is 0 Å². The van der Waals surface area contributed by atoms with Crippen LogP contribution in [-0.4, -0.2) is 46.2 Å². The number of carbonyl (C=O) groups excluding carboxylic acids is 1. The summed E-state index contributed by atoms with van der Waals surface area (Å²) in [5, 5.41) is 17.0. The van der Waals surface area contributed by atoms with E-state index in [-0.39, 0.29) is 19.1 Å². The molecule has 2 heterocycles. The van der Waals surface area contributed by atoms with Gasteiger partial charge < -0.3 is 15.2 Å². The summed E-state index contributed by atoms with van der Waals surface area (Å²) in [7, 11) is 0. The van der Waals surface area contributed by atoms with Crippen molar-refractivity contribution in [1.29, 1.82) is 0 Å². The maximum Gasteiger partial charge on any atom is 0.251 e. The molecule has 2 N–H and O–H groups in total. The molecule has 1 aliphatic heterocycles. The van der Waals surface area contributed by atoms with E-state index in [1.165, 1.54) is 0 Å². The lowest BCUT2D eigenvalue weighted by molar-refractivity contribution is 0.0264. The van der Waals surface area contributed by atoms with Crippen molar-refractivity contribution in [2.45, 2.75) is 12.0 Å². The van der Waals surface area contributed by atoms with Gasteiger partial charge in [-0.2, -0.15) is 5.10 Å². The number of ether oxygens (including phenoxy) is 1. The summed E-state index contributed by atoms with van der Waals surface area (Å²) in [6, 6.07) is 8.97. The molecule has 1 unspecified atom stereocenters. The van der Waals surface area contributed by atoms with Crippen LogP contribution in [0.25, 0.3) is 5.69 Å². The highest BCUT2D eigenvalue weighted by Gasteiger charge is 2.32. The molecule has 2 aromatic rings. The number of carbonyl (C=O) groups is 1. The first kappa shape index (κ1) is 13.8. The van der Waals surface area contributed by atoms with Crippen LogP contribution < -0.4 is 5.32 Å². The van der Waals surface area contributed by atoms with E-state index in [1.54, 1.807) is 23.0 Å². The fourth-order valence-corrected chi connectivity index (χ4v) is 2.27. The molecular weight excluding hydrogens is 270 g/mol. The van der Waals surface area contributed by atoms with Crippen molar-refractivity contribution < 1.29 is 14.6 Å². The van der Waals surface area contributed by atoms with Crippen molar-refractivity contribution in [3.05, 3.63) is 48.3 Å². The zero-order valence-corrected chi connectivity index (χ0v) is 11.5. The van der Waals surface area contributed by atoms with Gasteiger partial charge in [0.2, 0.25) is 0 Å². The minimum atomic E-state index is -0.940. The van der Waals surface area contributed by atoms with Gasteiger partial charge in [0.05, 0.1) is 12.3 Å². The van der Waals surface area contributed by atoms with Gasteiger partial charge in [0, 0.05) is 37.5 Å². The predicted molar refractivity (Wildman–Crippen MR) is 76.3 cm³/mol. The highest BCUT2D eigenvalue weighted by molar-refractivity contribution is 5.94. The van der Waals surface area contributed by atoms with E-state index < -0.39 is 5.60 Å². The van der Waals surface area contributed by atoms with E-state index in [9.17, 15) is 9.90 Å². The zero-order valence-electron chi connectivity index (χ0n) is 11.5. The fraction of sp³-hybridized carbons (Fsp3) is 0.333. The number of hydrogen-bond donors (Lipinski definition) is 2. The molecule has 1 amide bonds. The molecule has 1 fully saturated rings. The number of aliphatic hydroxyl groups is 1. The van der Waals surface area contributed by atoms with Gasteiger partial charge in [-0.25, -0.2) is 4.68 Å². The molecule has 1 aliphatic rings. The van der Waals surface area contributed by atoms with Crippen molar-refractivity contribution in [1.82, 2.24) is 15.1 Å². The van der Waals surface area contributed by atoms with Gasteiger partial charge in [0.1, 0.15) is 5.60 Å². The van der Waals surface area contributed by atoms with Crippen molar-refractivity contribution in [2.75, 3.05) is 19.8 Å². The Kier molecular flexibility index (Phi) is 3.72. The maximum atomic E-state index is 12.1. The normalized spacial score (nSPS) is 21.4. The molecule has 0 spiro atoms. The van der Waals surface area contributed by atoms with Gasteiger partial charge in [-0.3, -0.25) is 4.79 Å². The Morgan fingerprint density at radius 1 is 1.43 bits per heavy atom. The molecule has 6 nitrogen and oxygen atoms in total. The van der Waals surface area contributed by atoms with Crippen LogP contribution in [0, 0.1) is 0 Å². The molecule has 3 rings (SSSR count). The molecule has 1 aromatic carbocycles. The standard InChI is InChI=1S/C15H17N3O3/c19-14(16-10-15(20)6-9-21-11-15)12-2-4-13(5-3-12)18-8-1-7-17-18/h1-5,7-8,20H,6,9-11H2,(H,16,19). The van der Waals surface area contributed by atoms with Gasteiger partial charge in [0.15, 0.2) is 0 Å². The Morgan fingerprint density at radius 3 is 2.86 bits per heavy atom. The lowest BCUT2D eigenvalue weighted by atomic mass is 10.0. The van der Waals surface area contributed by atoms with E-state index in [1.807, 2.05) is 24.4 Å². The average molecular weight is 287 g/mol. The number of amides is 1. The van der Waals surface area contributed by atoms with Crippen LogP contribution in [0.2, 0.25) is 0 Å². The molecule has 1 atom stereocenters. The minimum Gasteiger partial charge on any atom is -0.386 e. The number of benzene rings is 1. The molecule has 0 saturated carbocycles. The lowest BCUT2D eigenvalue weighted by Gasteiger charge is -2.20. The largest absolute Gasteiger partial charge is 0.386 e. The van der Waals surface area contributed by atoms with Gasteiger partial charge in [-0.1, -0.05) is 0 Å². The SMILES string of the molecule is O=C(NCC1(O)CCOC1)c1ccc(-n2cccn2)cc1. The summed E-state index contributed by atoms with van der Waals surface area (Å²) in [5.74, 6) is -0.206. The maximum absolute atomic E-state index is 12.1. The third-order valence-corrected chi connectivity index (χ3v) is 3.56. The van der Waals surface area contributed by atoms with Crippen LogP contribution in [0.4, 0.5) is 0 Å². The molecule has 1 saturated heterocycles. The number of aromatic nitrogens is 2. The number of nitrogens with one attached hydrogen (secondary N) is 1. The van der Waals surface area contributed by atoms with Crippen LogP contribution in [0.5, 0.6) is 0 Å². The van der Waals surface area contributed by atoms with Crippen LogP contribution in [-0.2, 0) is 4.74 Å². The van der Waals surface area contributed by atoms with Crippen molar-refractivity contribution in [3.8, 4) is 5.69 Å². The second kappa shape index (κ2) is 5.67. The van der Waals surface area contributed by atoms with E-state index in [0.717, 1.165) is 5.69 Å². The third kappa shape index (κ3) is 3.12. The Morgan fingerprint density at radius 2 is 2.24 bits per heavy atom. The summed E-state index contributed by atoms with van der Waals surface area (Å²) in [6.45, 7) is 1.00.